The van der Waals surface area contributed by atoms with Crippen molar-refractivity contribution in [3.63, 3.8) is 0 Å². The predicted molar refractivity (Wildman–Crippen MR) is 51.3 cm³/mol. The molecule has 1 heterocycles. The molecule has 0 bridgehead atoms. The normalized spacial score (nSPS) is 9.69. The Labute approximate surface area is 81.3 Å². The number of hydrogen-bond acceptors (Lipinski definition) is 4. The highest BCUT2D eigenvalue weighted by atomic mass is 32.1. The second-order valence-corrected chi connectivity index (χ2v) is 3.66. The lowest BCUT2D eigenvalue weighted by atomic mass is 10.3. The SMILES string of the molecule is CCCc1ccc(OC(=O)OC)s1. The average Bonchev–Trinajstić information content (AvgIpc) is 2.53. The number of rotatable bonds is 3. The Morgan fingerprint density at radius 2 is 2.31 bits per heavy atom. The van der Waals surface area contributed by atoms with Gasteiger partial charge < -0.3 is 9.47 Å². The molecule has 0 unspecified atom stereocenters. The number of carbonyl (C=O) groups excluding carboxylic acids is 1. The van der Waals surface area contributed by atoms with E-state index in [0.717, 1.165) is 12.8 Å². The van der Waals surface area contributed by atoms with E-state index in [9.17, 15) is 4.79 Å². The first-order valence-corrected chi connectivity index (χ1v) is 4.92. The fourth-order valence-electron chi connectivity index (χ4n) is 0.918. The van der Waals surface area contributed by atoms with Crippen molar-refractivity contribution in [2.75, 3.05) is 7.11 Å². The summed E-state index contributed by atoms with van der Waals surface area (Å²) < 4.78 is 9.22. The minimum absolute atomic E-state index is 0.593. The summed E-state index contributed by atoms with van der Waals surface area (Å²) in [6.45, 7) is 2.11. The lowest BCUT2D eigenvalue weighted by Crippen LogP contribution is -2.05. The monoisotopic (exact) mass is 200 g/mol. The summed E-state index contributed by atoms with van der Waals surface area (Å²) in [5, 5.41) is 0.593. The van der Waals surface area contributed by atoms with Gasteiger partial charge in [0.25, 0.3) is 0 Å². The van der Waals surface area contributed by atoms with E-state index in [-0.39, 0.29) is 0 Å². The van der Waals surface area contributed by atoms with Crippen LogP contribution in [0.25, 0.3) is 0 Å². The summed E-state index contributed by atoms with van der Waals surface area (Å²) in [5.74, 6) is 0. The summed E-state index contributed by atoms with van der Waals surface area (Å²) in [5.41, 5.74) is 0. The molecule has 0 saturated heterocycles. The largest absolute Gasteiger partial charge is 0.514 e. The Bertz CT molecular complexity index is 280. The summed E-state index contributed by atoms with van der Waals surface area (Å²) in [6.07, 6.45) is 1.46. The van der Waals surface area contributed by atoms with E-state index in [1.54, 1.807) is 6.07 Å². The first kappa shape index (κ1) is 10.1. The lowest BCUT2D eigenvalue weighted by molar-refractivity contribution is 0.123. The Kier molecular flexibility index (Phi) is 3.76. The van der Waals surface area contributed by atoms with Gasteiger partial charge in [-0.05, 0) is 18.6 Å². The number of hydrogen-bond donors (Lipinski definition) is 0. The molecule has 0 amide bonds. The Morgan fingerprint density at radius 1 is 1.54 bits per heavy atom. The van der Waals surface area contributed by atoms with Crippen LogP contribution in [0.1, 0.15) is 18.2 Å². The van der Waals surface area contributed by atoms with E-state index in [1.165, 1.54) is 23.3 Å². The van der Waals surface area contributed by atoms with E-state index in [1.807, 2.05) is 6.07 Å². The van der Waals surface area contributed by atoms with Crippen molar-refractivity contribution in [3.05, 3.63) is 17.0 Å². The Balaban J connectivity index is 2.53. The predicted octanol–water partition coefficient (Wildman–Crippen LogP) is 2.85. The molecular formula is C9H12O3S. The Hall–Kier alpha value is -1.03. The van der Waals surface area contributed by atoms with Crippen molar-refractivity contribution in [1.29, 1.82) is 0 Å². The molecule has 0 radical (unpaired) electrons. The fraction of sp³-hybridized carbons (Fsp3) is 0.444. The van der Waals surface area contributed by atoms with Gasteiger partial charge in [-0.1, -0.05) is 13.3 Å². The number of aryl methyl sites for hydroxylation is 1. The maximum atomic E-state index is 10.7. The number of carbonyl (C=O) groups is 1. The molecule has 0 atom stereocenters. The van der Waals surface area contributed by atoms with Gasteiger partial charge in [0.15, 0.2) is 5.06 Å². The molecular weight excluding hydrogens is 188 g/mol. The highest BCUT2D eigenvalue weighted by Gasteiger charge is 2.05. The molecule has 0 spiro atoms. The molecule has 13 heavy (non-hydrogen) atoms. The van der Waals surface area contributed by atoms with Gasteiger partial charge in [-0.15, -0.1) is 11.3 Å². The van der Waals surface area contributed by atoms with E-state index in [2.05, 4.69) is 11.7 Å². The van der Waals surface area contributed by atoms with Crippen molar-refractivity contribution < 1.29 is 14.3 Å². The van der Waals surface area contributed by atoms with Gasteiger partial charge >= 0.3 is 6.16 Å². The van der Waals surface area contributed by atoms with Gasteiger partial charge in [-0.3, -0.25) is 0 Å². The summed E-state index contributed by atoms with van der Waals surface area (Å²) in [6, 6.07) is 3.75. The van der Waals surface area contributed by atoms with Crippen molar-refractivity contribution in [2.45, 2.75) is 19.8 Å². The molecule has 0 aliphatic rings. The minimum atomic E-state index is -0.662. The van der Waals surface area contributed by atoms with Crippen molar-refractivity contribution in [2.24, 2.45) is 0 Å². The van der Waals surface area contributed by atoms with Crippen LogP contribution in [0.3, 0.4) is 0 Å². The maximum Gasteiger partial charge on any atom is 0.514 e. The molecule has 3 nitrogen and oxygen atoms in total. The smallest absolute Gasteiger partial charge is 0.437 e. The number of methoxy groups -OCH3 is 1. The third-order valence-corrected chi connectivity index (χ3v) is 2.51. The molecule has 4 heteroatoms. The quantitative estimate of drug-likeness (QED) is 0.704. The van der Waals surface area contributed by atoms with Gasteiger partial charge in [0.1, 0.15) is 0 Å². The minimum Gasteiger partial charge on any atom is -0.437 e. The van der Waals surface area contributed by atoms with E-state index >= 15 is 0 Å². The molecule has 0 aromatic carbocycles. The molecule has 0 saturated carbocycles. The van der Waals surface area contributed by atoms with Crippen LogP contribution < -0.4 is 4.74 Å². The van der Waals surface area contributed by atoms with Crippen LogP contribution >= 0.6 is 11.3 Å². The van der Waals surface area contributed by atoms with E-state index in [4.69, 9.17) is 4.74 Å². The molecule has 1 aromatic rings. The van der Waals surface area contributed by atoms with E-state index in [0.29, 0.717) is 5.06 Å². The summed E-state index contributed by atoms with van der Waals surface area (Å²) in [7, 11) is 1.29. The standard InChI is InChI=1S/C9H12O3S/c1-3-4-7-5-6-8(13-7)12-9(10)11-2/h5-6H,3-4H2,1-2H3. The first-order chi connectivity index (χ1) is 6.26. The number of ether oxygens (including phenoxy) is 2. The highest BCUT2D eigenvalue weighted by molar-refractivity contribution is 7.13. The third-order valence-electron chi connectivity index (χ3n) is 1.48. The van der Waals surface area contributed by atoms with Crippen molar-refractivity contribution in [3.8, 4) is 5.06 Å². The van der Waals surface area contributed by atoms with Crippen LogP contribution in [-0.4, -0.2) is 13.3 Å². The van der Waals surface area contributed by atoms with Crippen molar-refractivity contribution in [1.82, 2.24) is 0 Å². The topological polar surface area (TPSA) is 35.5 Å². The highest BCUT2D eigenvalue weighted by Crippen LogP contribution is 2.25. The van der Waals surface area contributed by atoms with Gasteiger partial charge in [0.05, 0.1) is 7.11 Å². The summed E-state index contributed by atoms with van der Waals surface area (Å²) >= 11 is 1.48. The molecule has 0 aliphatic heterocycles. The van der Waals surface area contributed by atoms with Crippen LogP contribution in [0, 0.1) is 0 Å². The van der Waals surface area contributed by atoms with Gasteiger partial charge in [-0.2, -0.15) is 0 Å². The average molecular weight is 200 g/mol. The van der Waals surface area contributed by atoms with Crippen LogP contribution in [0.2, 0.25) is 0 Å². The molecule has 0 fully saturated rings. The molecule has 1 rings (SSSR count). The number of thiophene rings is 1. The van der Waals surface area contributed by atoms with Crippen molar-refractivity contribution >= 4 is 17.5 Å². The molecule has 0 aliphatic carbocycles. The second kappa shape index (κ2) is 4.87. The molecule has 0 N–H and O–H groups in total. The van der Waals surface area contributed by atoms with Crippen LogP contribution in [0.4, 0.5) is 4.79 Å². The van der Waals surface area contributed by atoms with Crippen LogP contribution in [-0.2, 0) is 11.2 Å². The molecule has 1 aromatic heterocycles. The third kappa shape index (κ3) is 3.06. The maximum absolute atomic E-state index is 10.7. The lowest BCUT2D eigenvalue weighted by Gasteiger charge is -1.96. The zero-order chi connectivity index (χ0) is 9.68. The van der Waals surface area contributed by atoms with Crippen LogP contribution in [0.5, 0.6) is 5.06 Å². The van der Waals surface area contributed by atoms with Gasteiger partial charge in [-0.25, -0.2) is 4.79 Å². The first-order valence-electron chi connectivity index (χ1n) is 4.10. The van der Waals surface area contributed by atoms with Crippen LogP contribution in [0.15, 0.2) is 12.1 Å². The summed E-state index contributed by atoms with van der Waals surface area (Å²) in [4.78, 5) is 11.9. The zero-order valence-electron chi connectivity index (χ0n) is 7.70. The fourth-order valence-corrected chi connectivity index (χ4v) is 1.86. The second-order valence-electron chi connectivity index (χ2n) is 2.53. The van der Waals surface area contributed by atoms with E-state index < -0.39 is 6.16 Å². The van der Waals surface area contributed by atoms with Gasteiger partial charge in [0, 0.05) is 4.88 Å². The Morgan fingerprint density at radius 3 is 2.92 bits per heavy atom. The zero-order valence-corrected chi connectivity index (χ0v) is 8.52. The van der Waals surface area contributed by atoms with Gasteiger partial charge in [0.2, 0.25) is 0 Å². The molecule has 72 valence electrons.